The van der Waals surface area contributed by atoms with Crippen LogP contribution in [-0.2, 0) is 17.8 Å². The van der Waals surface area contributed by atoms with Crippen LogP contribution in [0.1, 0.15) is 21.9 Å². The Hall–Kier alpha value is -1.49. The molecule has 0 atom stereocenters. The number of rotatable bonds is 2. The van der Waals surface area contributed by atoms with Crippen LogP contribution in [0.4, 0.5) is 0 Å². The second-order valence-electron chi connectivity index (χ2n) is 2.94. The summed E-state index contributed by atoms with van der Waals surface area (Å²) < 4.78 is 10.3. The monoisotopic (exact) mass is 194 g/mol. The SMILES string of the molecule is COc1nc(C=O)nc2c1CCOC2. The van der Waals surface area contributed by atoms with Crippen molar-refractivity contribution in [2.24, 2.45) is 0 Å². The molecule has 0 aliphatic carbocycles. The number of aldehydes is 1. The molecule has 1 aromatic heterocycles. The molecule has 74 valence electrons. The zero-order valence-electron chi connectivity index (χ0n) is 7.82. The van der Waals surface area contributed by atoms with Crippen molar-refractivity contribution in [2.75, 3.05) is 13.7 Å². The van der Waals surface area contributed by atoms with E-state index < -0.39 is 0 Å². The molecule has 0 radical (unpaired) electrons. The first-order valence-electron chi connectivity index (χ1n) is 4.32. The highest BCUT2D eigenvalue weighted by atomic mass is 16.5. The third kappa shape index (κ3) is 1.46. The van der Waals surface area contributed by atoms with Gasteiger partial charge in [-0.25, -0.2) is 4.98 Å². The largest absolute Gasteiger partial charge is 0.481 e. The van der Waals surface area contributed by atoms with E-state index in [9.17, 15) is 4.79 Å². The summed E-state index contributed by atoms with van der Waals surface area (Å²) in [6, 6.07) is 0. The molecule has 2 rings (SSSR count). The number of hydrogen-bond acceptors (Lipinski definition) is 5. The number of hydrogen-bond donors (Lipinski definition) is 0. The van der Waals surface area contributed by atoms with Crippen LogP contribution in [0.2, 0.25) is 0 Å². The minimum atomic E-state index is 0.145. The minimum absolute atomic E-state index is 0.145. The van der Waals surface area contributed by atoms with Gasteiger partial charge in [0.15, 0.2) is 12.1 Å². The Morgan fingerprint density at radius 1 is 1.50 bits per heavy atom. The average molecular weight is 194 g/mol. The molecule has 5 heteroatoms. The Morgan fingerprint density at radius 3 is 3.07 bits per heavy atom. The predicted molar refractivity (Wildman–Crippen MR) is 47.3 cm³/mol. The first-order chi connectivity index (χ1) is 6.85. The van der Waals surface area contributed by atoms with Crippen molar-refractivity contribution in [3.05, 3.63) is 17.1 Å². The van der Waals surface area contributed by atoms with E-state index in [4.69, 9.17) is 9.47 Å². The molecule has 1 aliphatic rings. The molecule has 0 bridgehead atoms. The first-order valence-corrected chi connectivity index (χ1v) is 4.32. The molecular weight excluding hydrogens is 184 g/mol. The van der Waals surface area contributed by atoms with Crippen molar-refractivity contribution in [3.63, 3.8) is 0 Å². The Balaban J connectivity index is 2.52. The van der Waals surface area contributed by atoms with Crippen LogP contribution in [0.5, 0.6) is 5.88 Å². The van der Waals surface area contributed by atoms with Gasteiger partial charge in [0.1, 0.15) is 0 Å². The van der Waals surface area contributed by atoms with Crippen molar-refractivity contribution in [1.82, 2.24) is 9.97 Å². The number of carbonyl (C=O) groups is 1. The van der Waals surface area contributed by atoms with Crippen LogP contribution in [0.3, 0.4) is 0 Å². The van der Waals surface area contributed by atoms with E-state index in [0.717, 1.165) is 17.7 Å². The van der Waals surface area contributed by atoms with E-state index in [0.29, 0.717) is 25.4 Å². The van der Waals surface area contributed by atoms with Crippen molar-refractivity contribution in [2.45, 2.75) is 13.0 Å². The van der Waals surface area contributed by atoms with Crippen LogP contribution in [0, 0.1) is 0 Å². The quantitative estimate of drug-likeness (QED) is 0.636. The zero-order valence-corrected chi connectivity index (χ0v) is 7.82. The van der Waals surface area contributed by atoms with Crippen LogP contribution in [0.15, 0.2) is 0 Å². The van der Waals surface area contributed by atoms with Gasteiger partial charge in [-0.2, -0.15) is 4.98 Å². The van der Waals surface area contributed by atoms with Gasteiger partial charge >= 0.3 is 0 Å². The fraction of sp³-hybridized carbons (Fsp3) is 0.444. The first kappa shape index (κ1) is 9.08. The third-order valence-electron chi connectivity index (χ3n) is 2.11. The maximum atomic E-state index is 10.5. The predicted octanol–water partition coefficient (Wildman–Crippen LogP) is 0.370. The standard InChI is InChI=1S/C9H10N2O3/c1-13-9-6-2-3-14-5-7(6)10-8(4-12)11-9/h4H,2-3,5H2,1H3. The van der Waals surface area contributed by atoms with Gasteiger partial charge < -0.3 is 9.47 Å². The lowest BCUT2D eigenvalue weighted by molar-refractivity contribution is 0.104. The molecule has 0 saturated heterocycles. The molecule has 0 spiro atoms. The maximum Gasteiger partial charge on any atom is 0.220 e. The molecule has 1 aliphatic heterocycles. The lowest BCUT2D eigenvalue weighted by atomic mass is 10.1. The molecule has 0 amide bonds. The van der Waals surface area contributed by atoms with Gasteiger partial charge in [0.25, 0.3) is 0 Å². The van der Waals surface area contributed by atoms with Gasteiger partial charge in [0, 0.05) is 12.0 Å². The molecule has 5 nitrogen and oxygen atoms in total. The van der Waals surface area contributed by atoms with Crippen LogP contribution in [0.25, 0.3) is 0 Å². The van der Waals surface area contributed by atoms with E-state index in [1.165, 1.54) is 7.11 Å². The van der Waals surface area contributed by atoms with Crippen molar-refractivity contribution in [1.29, 1.82) is 0 Å². The molecule has 0 aromatic carbocycles. The summed E-state index contributed by atoms with van der Waals surface area (Å²) >= 11 is 0. The Bertz CT molecular complexity index is 348. The van der Waals surface area contributed by atoms with Crippen LogP contribution < -0.4 is 4.74 Å². The van der Waals surface area contributed by atoms with Crippen LogP contribution in [-0.4, -0.2) is 30.0 Å². The second-order valence-corrected chi connectivity index (χ2v) is 2.94. The molecule has 0 unspecified atom stereocenters. The van der Waals surface area contributed by atoms with E-state index >= 15 is 0 Å². The van der Waals surface area contributed by atoms with Gasteiger partial charge in [0.2, 0.25) is 5.88 Å². The summed E-state index contributed by atoms with van der Waals surface area (Å²) in [5, 5.41) is 0. The Morgan fingerprint density at radius 2 is 2.36 bits per heavy atom. The molecule has 0 saturated carbocycles. The average Bonchev–Trinajstić information content (AvgIpc) is 2.27. The zero-order chi connectivity index (χ0) is 9.97. The summed E-state index contributed by atoms with van der Waals surface area (Å²) in [7, 11) is 1.53. The number of carbonyl (C=O) groups excluding carboxylic acids is 1. The number of nitrogens with zero attached hydrogens (tertiary/aromatic N) is 2. The van der Waals surface area contributed by atoms with Gasteiger partial charge in [-0.15, -0.1) is 0 Å². The molecule has 2 heterocycles. The van der Waals surface area contributed by atoms with Crippen molar-refractivity contribution in [3.8, 4) is 5.88 Å². The van der Waals surface area contributed by atoms with Gasteiger partial charge in [0.05, 0.1) is 26.0 Å². The highest BCUT2D eigenvalue weighted by Gasteiger charge is 2.18. The molecule has 0 fully saturated rings. The van der Waals surface area contributed by atoms with E-state index in [1.54, 1.807) is 0 Å². The summed E-state index contributed by atoms with van der Waals surface area (Å²) in [4.78, 5) is 18.6. The normalized spacial score (nSPS) is 14.6. The van der Waals surface area contributed by atoms with Crippen molar-refractivity contribution < 1.29 is 14.3 Å². The summed E-state index contributed by atoms with van der Waals surface area (Å²) in [6.45, 7) is 1.07. The Labute approximate surface area is 81.1 Å². The van der Waals surface area contributed by atoms with E-state index in [-0.39, 0.29) is 5.82 Å². The lowest BCUT2D eigenvalue weighted by Crippen LogP contribution is -2.15. The summed E-state index contributed by atoms with van der Waals surface area (Å²) in [5.74, 6) is 0.631. The van der Waals surface area contributed by atoms with Gasteiger partial charge in [-0.1, -0.05) is 0 Å². The number of ether oxygens (including phenoxy) is 2. The molecule has 14 heavy (non-hydrogen) atoms. The Kier molecular flexibility index (Phi) is 2.41. The highest BCUT2D eigenvalue weighted by Crippen LogP contribution is 2.23. The fourth-order valence-corrected chi connectivity index (χ4v) is 1.46. The number of aromatic nitrogens is 2. The van der Waals surface area contributed by atoms with Crippen molar-refractivity contribution >= 4 is 6.29 Å². The van der Waals surface area contributed by atoms with E-state index in [2.05, 4.69) is 9.97 Å². The van der Waals surface area contributed by atoms with Crippen LogP contribution >= 0.6 is 0 Å². The molecule has 1 aromatic rings. The third-order valence-corrected chi connectivity index (χ3v) is 2.11. The topological polar surface area (TPSA) is 61.3 Å². The van der Waals surface area contributed by atoms with Gasteiger partial charge in [-0.05, 0) is 0 Å². The molecule has 0 N–H and O–H groups in total. The summed E-state index contributed by atoms with van der Waals surface area (Å²) in [6.07, 6.45) is 1.34. The highest BCUT2D eigenvalue weighted by molar-refractivity contribution is 5.69. The summed E-state index contributed by atoms with van der Waals surface area (Å²) in [5.41, 5.74) is 1.70. The number of methoxy groups -OCH3 is 1. The second kappa shape index (κ2) is 3.71. The van der Waals surface area contributed by atoms with Gasteiger partial charge in [-0.3, -0.25) is 4.79 Å². The lowest BCUT2D eigenvalue weighted by Gasteiger charge is -2.17. The minimum Gasteiger partial charge on any atom is -0.481 e. The van der Waals surface area contributed by atoms with E-state index in [1.807, 2.05) is 0 Å². The smallest absolute Gasteiger partial charge is 0.220 e. The fourth-order valence-electron chi connectivity index (χ4n) is 1.46. The molecular formula is C9H10N2O3. The number of fused-ring (bicyclic) bond motifs is 1. The maximum absolute atomic E-state index is 10.5.